The van der Waals surface area contributed by atoms with Gasteiger partial charge in [0.1, 0.15) is 0 Å². The maximum Gasteiger partial charge on any atom is 0.254 e. The summed E-state index contributed by atoms with van der Waals surface area (Å²) in [5.74, 6) is 5.47. The van der Waals surface area contributed by atoms with Crippen LogP contribution in [0.1, 0.15) is 53.4 Å². The molecule has 0 saturated carbocycles. The molecule has 0 aromatic rings. The van der Waals surface area contributed by atoms with E-state index >= 15 is 0 Å². The first kappa shape index (κ1) is 30.1. The van der Waals surface area contributed by atoms with Gasteiger partial charge in [-0.15, -0.1) is 23.5 Å². The Morgan fingerprint density at radius 3 is 1.50 bits per heavy atom. The van der Waals surface area contributed by atoms with Gasteiger partial charge in [-0.25, -0.2) is 0 Å². The molecule has 0 radical (unpaired) electrons. The monoisotopic (exact) mass is 596 g/mol. The Balaban J connectivity index is 1.10. The van der Waals surface area contributed by atoms with Gasteiger partial charge >= 0.3 is 0 Å². The third kappa shape index (κ3) is 7.46. The number of hydrogen-bond acceptors (Lipinski definition) is 8. The first-order valence-corrected chi connectivity index (χ1v) is 17.8. The van der Waals surface area contributed by atoms with Gasteiger partial charge in [0.15, 0.2) is 0 Å². The van der Waals surface area contributed by atoms with Gasteiger partial charge in [0, 0.05) is 46.6 Å². The summed E-state index contributed by atoms with van der Waals surface area (Å²) in [5.41, 5.74) is -0.216. The number of nitrogens with zero attached hydrogens (tertiary/aromatic N) is 2. The van der Waals surface area contributed by atoms with E-state index in [0.717, 1.165) is 70.0 Å². The van der Waals surface area contributed by atoms with E-state index < -0.39 is 0 Å². The maximum atomic E-state index is 12.8. The van der Waals surface area contributed by atoms with Gasteiger partial charge < -0.3 is 0 Å². The molecule has 4 aliphatic rings. The predicted molar refractivity (Wildman–Crippen MR) is 162 cm³/mol. The summed E-state index contributed by atoms with van der Waals surface area (Å²) in [4.78, 5) is 55.6. The van der Waals surface area contributed by atoms with Gasteiger partial charge in [-0.05, 0) is 59.5 Å². The van der Waals surface area contributed by atoms with Gasteiger partial charge in [-0.1, -0.05) is 27.7 Å². The third-order valence-electron chi connectivity index (χ3n) is 7.62. The zero-order valence-corrected chi connectivity index (χ0v) is 26.2. The topological polar surface area (TPSA) is 74.8 Å². The Hall–Kier alpha value is -0.840. The van der Waals surface area contributed by atoms with Crippen LogP contribution in [0.3, 0.4) is 0 Å². The summed E-state index contributed by atoms with van der Waals surface area (Å²) < 4.78 is 0. The second-order valence-corrected chi connectivity index (χ2v) is 16.8. The zero-order valence-electron chi connectivity index (χ0n) is 23.0. The smallest absolute Gasteiger partial charge is 0.254 e. The molecular formula is C28H40N2O4S4. The lowest BCUT2D eigenvalue weighted by molar-refractivity contribution is -0.148. The fourth-order valence-electron chi connectivity index (χ4n) is 5.19. The minimum Gasteiger partial charge on any atom is -0.278 e. The van der Waals surface area contributed by atoms with Crippen LogP contribution in [0.2, 0.25) is 0 Å². The molecule has 0 aliphatic carbocycles. The largest absolute Gasteiger partial charge is 0.278 e. The van der Waals surface area contributed by atoms with Crippen molar-refractivity contribution in [2.75, 3.05) is 47.6 Å². The quantitative estimate of drug-likeness (QED) is 0.210. The molecule has 0 N–H and O–H groups in total. The lowest BCUT2D eigenvalue weighted by Gasteiger charge is -2.34. The highest BCUT2D eigenvalue weighted by Crippen LogP contribution is 2.42. The molecule has 0 bridgehead atoms. The standard InChI is InChI=1S/C28H40N2O4S4/c1-27(2,17-29-23(31)15-21-19(25(29)33)5-9-37-21)7-11-35-13-14-36-12-8-28(3,4)18-30-24(32)16-22-20(26(30)34)6-10-38-22/h15-16,19-20H,5-14,17-18H2,1-4H3. The Morgan fingerprint density at radius 1 is 0.711 bits per heavy atom. The Kier molecular flexibility index (Phi) is 10.1. The first-order valence-electron chi connectivity index (χ1n) is 13.5. The molecule has 4 amide bonds. The van der Waals surface area contributed by atoms with E-state index in [1.165, 1.54) is 9.80 Å². The summed E-state index contributed by atoms with van der Waals surface area (Å²) in [6.07, 6.45) is 6.95. The van der Waals surface area contributed by atoms with Crippen LogP contribution in [-0.4, -0.2) is 81.0 Å². The van der Waals surface area contributed by atoms with Crippen molar-refractivity contribution >= 4 is 70.7 Å². The molecular weight excluding hydrogens is 557 g/mol. The van der Waals surface area contributed by atoms with E-state index in [-0.39, 0.29) is 46.3 Å². The molecule has 2 atom stereocenters. The van der Waals surface area contributed by atoms with Crippen LogP contribution in [0.4, 0.5) is 0 Å². The average Bonchev–Trinajstić information content (AvgIpc) is 3.51. The first-order chi connectivity index (χ1) is 18.0. The van der Waals surface area contributed by atoms with Gasteiger partial charge in [0.2, 0.25) is 11.8 Å². The molecule has 4 rings (SSSR count). The summed E-state index contributed by atoms with van der Waals surface area (Å²) in [5, 5.41) is 0. The van der Waals surface area contributed by atoms with E-state index in [4.69, 9.17) is 0 Å². The van der Waals surface area contributed by atoms with E-state index in [1.54, 1.807) is 35.7 Å². The molecule has 6 nitrogen and oxygen atoms in total. The van der Waals surface area contributed by atoms with Crippen molar-refractivity contribution in [1.29, 1.82) is 0 Å². The van der Waals surface area contributed by atoms with Gasteiger partial charge in [0.25, 0.3) is 11.8 Å². The molecule has 0 spiro atoms. The average molecular weight is 597 g/mol. The molecule has 4 aliphatic heterocycles. The van der Waals surface area contributed by atoms with Crippen LogP contribution in [0.25, 0.3) is 0 Å². The van der Waals surface area contributed by atoms with E-state index in [1.807, 2.05) is 23.5 Å². The normalized spacial score (nSPS) is 24.1. The van der Waals surface area contributed by atoms with E-state index in [0.29, 0.717) is 13.1 Å². The van der Waals surface area contributed by atoms with Crippen molar-refractivity contribution in [3.8, 4) is 0 Å². The molecule has 210 valence electrons. The van der Waals surface area contributed by atoms with Crippen LogP contribution in [0, 0.1) is 22.7 Å². The van der Waals surface area contributed by atoms with E-state index in [2.05, 4.69) is 27.7 Å². The Bertz CT molecular complexity index is 942. The van der Waals surface area contributed by atoms with Gasteiger partial charge in [-0.3, -0.25) is 29.0 Å². The van der Waals surface area contributed by atoms with Gasteiger partial charge in [0.05, 0.1) is 11.8 Å². The molecule has 0 aromatic heterocycles. The van der Waals surface area contributed by atoms with Crippen molar-refractivity contribution in [2.24, 2.45) is 22.7 Å². The number of hydrogen-bond donors (Lipinski definition) is 0. The van der Waals surface area contributed by atoms with Crippen molar-refractivity contribution in [2.45, 2.75) is 53.4 Å². The number of carbonyl (C=O) groups is 4. The van der Waals surface area contributed by atoms with Crippen molar-refractivity contribution in [3.05, 3.63) is 22.0 Å². The number of imide groups is 2. The fourth-order valence-corrected chi connectivity index (χ4v) is 10.3. The van der Waals surface area contributed by atoms with Crippen LogP contribution < -0.4 is 0 Å². The van der Waals surface area contributed by atoms with Crippen LogP contribution >= 0.6 is 47.0 Å². The lowest BCUT2D eigenvalue weighted by Crippen LogP contribution is -2.47. The predicted octanol–water partition coefficient (Wildman–Crippen LogP) is 5.30. The van der Waals surface area contributed by atoms with E-state index in [9.17, 15) is 19.2 Å². The second kappa shape index (κ2) is 12.8. The summed E-state index contributed by atoms with van der Waals surface area (Å²) in [6.45, 7) is 9.56. The summed E-state index contributed by atoms with van der Waals surface area (Å²) in [7, 11) is 0. The molecule has 10 heteroatoms. The number of rotatable bonds is 13. The van der Waals surface area contributed by atoms with Crippen molar-refractivity contribution in [3.63, 3.8) is 0 Å². The minimum atomic E-state index is -0.150. The fraction of sp³-hybridized carbons (Fsp3) is 0.714. The molecule has 2 fully saturated rings. The highest BCUT2D eigenvalue weighted by atomic mass is 32.2. The lowest BCUT2D eigenvalue weighted by atomic mass is 9.88. The highest BCUT2D eigenvalue weighted by molar-refractivity contribution is 8.03. The second-order valence-electron chi connectivity index (χ2n) is 12.1. The summed E-state index contributed by atoms with van der Waals surface area (Å²) in [6, 6.07) is 0. The number of carbonyl (C=O) groups excluding carboxylic acids is 4. The van der Waals surface area contributed by atoms with Crippen molar-refractivity contribution < 1.29 is 19.2 Å². The summed E-state index contributed by atoms with van der Waals surface area (Å²) >= 11 is 7.14. The molecule has 2 saturated heterocycles. The number of amides is 4. The SMILES string of the molecule is CC(C)(CCSCCSCCC(C)(C)CN1C(=O)C=C2SCCC2C1=O)CN1C(=O)C=C2SCCC2C1=O. The Labute approximate surface area is 244 Å². The maximum absolute atomic E-state index is 12.8. The third-order valence-corrected chi connectivity index (χ3v) is 12.2. The molecule has 4 heterocycles. The van der Waals surface area contributed by atoms with Crippen LogP contribution in [0.15, 0.2) is 22.0 Å². The van der Waals surface area contributed by atoms with Crippen LogP contribution in [-0.2, 0) is 19.2 Å². The van der Waals surface area contributed by atoms with Crippen molar-refractivity contribution in [1.82, 2.24) is 9.80 Å². The highest BCUT2D eigenvalue weighted by Gasteiger charge is 2.41. The van der Waals surface area contributed by atoms with Crippen LogP contribution in [0.5, 0.6) is 0 Å². The minimum absolute atomic E-state index is 0.00896. The number of fused-ring (bicyclic) bond motifs is 2. The number of thioether (sulfide) groups is 4. The zero-order chi connectivity index (χ0) is 27.5. The van der Waals surface area contributed by atoms with Gasteiger partial charge in [-0.2, -0.15) is 23.5 Å². The molecule has 2 unspecified atom stereocenters. The Morgan fingerprint density at radius 2 is 1.11 bits per heavy atom. The molecule has 0 aromatic carbocycles. The molecule has 38 heavy (non-hydrogen) atoms.